The highest BCUT2D eigenvalue weighted by Gasteiger charge is 2.32. The van der Waals surface area contributed by atoms with Crippen LogP contribution in [0.5, 0.6) is 0 Å². The SMILES string of the molecule is O=C(O)CCN1C(=O)/C(=C/c2cn(-c3ccccc3)nc2-c2ccc(Br)cc2)SC1=S. The molecule has 0 aliphatic carbocycles. The average Bonchev–Trinajstić information content (AvgIpc) is 3.29. The predicted octanol–water partition coefficient (Wildman–Crippen LogP) is 4.98. The molecule has 2 aromatic carbocycles. The zero-order valence-electron chi connectivity index (χ0n) is 16.1. The van der Waals surface area contributed by atoms with E-state index in [0.717, 1.165) is 27.0 Å². The molecule has 1 fully saturated rings. The van der Waals surface area contributed by atoms with Gasteiger partial charge in [-0.1, -0.05) is 70.2 Å². The molecule has 31 heavy (non-hydrogen) atoms. The van der Waals surface area contributed by atoms with Gasteiger partial charge < -0.3 is 5.11 Å². The summed E-state index contributed by atoms with van der Waals surface area (Å²) in [4.78, 5) is 25.5. The first-order chi connectivity index (χ1) is 14.9. The molecule has 0 saturated carbocycles. The molecule has 1 saturated heterocycles. The summed E-state index contributed by atoms with van der Waals surface area (Å²) in [6.45, 7) is 0.0557. The molecule has 0 atom stereocenters. The summed E-state index contributed by atoms with van der Waals surface area (Å²) >= 11 is 9.91. The molecule has 4 rings (SSSR count). The van der Waals surface area contributed by atoms with E-state index in [9.17, 15) is 9.59 Å². The molecule has 1 aromatic heterocycles. The molecule has 6 nitrogen and oxygen atoms in total. The van der Waals surface area contributed by atoms with Crippen LogP contribution in [0.4, 0.5) is 0 Å². The Morgan fingerprint density at radius 2 is 1.87 bits per heavy atom. The smallest absolute Gasteiger partial charge is 0.305 e. The molecule has 0 spiro atoms. The molecule has 2 heterocycles. The van der Waals surface area contributed by atoms with Gasteiger partial charge in [0.25, 0.3) is 5.91 Å². The van der Waals surface area contributed by atoms with Crippen LogP contribution in [-0.2, 0) is 9.59 Å². The number of thioether (sulfide) groups is 1. The van der Waals surface area contributed by atoms with E-state index in [1.54, 1.807) is 10.8 Å². The van der Waals surface area contributed by atoms with Crippen molar-refractivity contribution in [2.24, 2.45) is 0 Å². The maximum atomic E-state index is 12.8. The van der Waals surface area contributed by atoms with E-state index in [1.165, 1.54) is 16.7 Å². The third-order valence-corrected chi connectivity index (χ3v) is 6.50. The van der Waals surface area contributed by atoms with Crippen LogP contribution in [0.2, 0.25) is 0 Å². The van der Waals surface area contributed by atoms with Gasteiger partial charge >= 0.3 is 5.97 Å². The van der Waals surface area contributed by atoms with E-state index in [2.05, 4.69) is 15.9 Å². The van der Waals surface area contributed by atoms with E-state index in [-0.39, 0.29) is 18.9 Å². The number of thiocarbonyl (C=S) groups is 1. The second kappa shape index (κ2) is 9.17. The van der Waals surface area contributed by atoms with Gasteiger partial charge in [-0.2, -0.15) is 5.10 Å². The van der Waals surface area contributed by atoms with Gasteiger partial charge in [0.05, 0.1) is 22.7 Å². The van der Waals surface area contributed by atoms with Crippen molar-refractivity contribution in [3.63, 3.8) is 0 Å². The van der Waals surface area contributed by atoms with Crippen LogP contribution in [0, 0.1) is 0 Å². The Hall–Kier alpha value is -2.75. The van der Waals surface area contributed by atoms with Gasteiger partial charge in [-0.05, 0) is 30.3 Å². The number of hydrogen-bond acceptors (Lipinski definition) is 5. The van der Waals surface area contributed by atoms with E-state index < -0.39 is 5.97 Å². The number of nitrogens with zero attached hydrogens (tertiary/aromatic N) is 3. The molecular formula is C22H16BrN3O3S2. The van der Waals surface area contributed by atoms with Crippen LogP contribution >= 0.6 is 39.9 Å². The fourth-order valence-electron chi connectivity index (χ4n) is 3.08. The lowest BCUT2D eigenvalue weighted by Gasteiger charge is -2.12. The summed E-state index contributed by atoms with van der Waals surface area (Å²) < 4.78 is 3.09. The van der Waals surface area contributed by atoms with Crippen LogP contribution in [0.15, 0.2) is 70.2 Å². The van der Waals surface area contributed by atoms with Crippen molar-refractivity contribution in [3.05, 3.63) is 75.7 Å². The lowest BCUT2D eigenvalue weighted by Crippen LogP contribution is -2.30. The summed E-state index contributed by atoms with van der Waals surface area (Å²) in [6.07, 6.45) is 3.48. The Morgan fingerprint density at radius 1 is 1.16 bits per heavy atom. The quantitative estimate of drug-likeness (QED) is 0.370. The first kappa shape index (κ1) is 21.5. The number of aromatic nitrogens is 2. The van der Waals surface area contributed by atoms with Crippen molar-refractivity contribution in [1.82, 2.24) is 14.7 Å². The molecule has 0 radical (unpaired) electrons. The van der Waals surface area contributed by atoms with Gasteiger partial charge in [0.2, 0.25) is 0 Å². The van der Waals surface area contributed by atoms with E-state index in [4.69, 9.17) is 22.4 Å². The molecule has 9 heteroatoms. The highest BCUT2D eigenvalue weighted by molar-refractivity contribution is 9.10. The lowest BCUT2D eigenvalue weighted by atomic mass is 10.1. The number of benzene rings is 2. The van der Waals surface area contributed by atoms with Crippen molar-refractivity contribution in [2.45, 2.75) is 6.42 Å². The zero-order valence-corrected chi connectivity index (χ0v) is 19.3. The topological polar surface area (TPSA) is 75.4 Å². The Kier molecular flexibility index (Phi) is 6.35. The van der Waals surface area contributed by atoms with Crippen LogP contribution in [0.25, 0.3) is 23.0 Å². The maximum absolute atomic E-state index is 12.8. The van der Waals surface area contributed by atoms with Crippen LogP contribution in [0.3, 0.4) is 0 Å². The molecule has 1 N–H and O–H groups in total. The van der Waals surface area contributed by atoms with Gasteiger partial charge in [-0.25, -0.2) is 4.68 Å². The minimum Gasteiger partial charge on any atom is -0.481 e. The second-order valence-corrected chi connectivity index (χ2v) is 9.29. The fraction of sp³-hybridized carbons (Fsp3) is 0.0909. The number of halogens is 1. The zero-order chi connectivity index (χ0) is 22.0. The minimum atomic E-state index is -0.973. The number of carbonyl (C=O) groups is 2. The maximum Gasteiger partial charge on any atom is 0.305 e. The largest absolute Gasteiger partial charge is 0.481 e. The van der Waals surface area contributed by atoms with Gasteiger partial charge in [-0.3, -0.25) is 14.5 Å². The average molecular weight is 514 g/mol. The third-order valence-electron chi connectivity index (χ3n) is 4.59. The number of hydrogen-bond donors (Lipinski definition) is 1. The highest BCUT2D eigenvalue weighted by atomic mass is 79.9. The third kappa shape index (κ3) is 4.79. The number of carboxylic acids is 1. The normalized spacial score (nSPS) is 15.1. The van der Waals surface area contributed by atoms with E-state index >= 15 is 0 Å². The molecule has 0 unspecified atom stereocenters. The van der Waals surface area contributed by atoms with Crippen LogP contribution < -0.4 is 0 Å². The summed E-state index contributed by atoms with van der Waals surface area (Å²) in [5.74, 6) is -1.26. The van der Waals surface area contributed by atoms with Crippen molar-refractivity contribution in [3.8, 4) is 16.9 Å². The van der Waals surface area contributed by atoms with Gasteiger partial charge in [-0.15, -0.1) is 0 Å². The molecular weight excluding hydrogens is 498 g/mol. The van der Waals surface area contributed by atoms with Crippen molar-refractivity contribution >= 4 is 62.2 Å². The number of aliphatic carboxylic acids is 1. The summed E-state index contributed by atoms with van der Waals surface area (Å²) in [6, 6.07) is 17.5. The highest BCUT2D eigenvalue weighted by Crippen LogP contribution is 2.35. The summed E-state index contributed by atoms with van der Waals surface area (Å²) in [5, 5.41) is 13.7. The second-order valence-electron chi connectivity index (χ2n) is 6.70. The Labute approximate surface area is 196 Å². The van der Waals surface area contributed by atoms with Gasteiger partial charge in [0, 0.05) is 28.3 Å². The molecule has 1 aliphatic heterocycles. The monoisotopic (exact) mass is 513 g/mol. The first-order valence-electron chi connectivity index (χ1n) is 9.30. The number of amides is 1. The number of carbonyl (C=O) groups excluding carboxylic acids is 1. The Balaban J connectivity index is 1.74. The number of carboxylic acid groups (broad SMARTS) is 1. The Bertz CT molecular complexity index is 1190. The Morgan fingerprint density at radius 3 is 2.55 bits per heavy atom. The molecule has 0 bridgehead atoms. The van der Waals surface area contributed by atoms with Crippen molar-refractivity contribution in [1.29, 1.82) is 0 Å². The van der Waals surface area contributed by atoms with Crippen LogP contribution in [-0.4, -0.2) is 42.5 Å². The molecule has 156 valence electrons. The molecule has 1 amide bonds. The van der Waals surface area contributed by atoms with Gasteiger partial charge in [0.15, 0.2) is 0 Å². The predicted molar refractivity (Wildman–Crippen MR) is 129 cm³/mol. The fourth-order valence-corrected chi connectivity index (χ4v) is 4.64. The van der Waals surface area contributed by atoms with Crippen molar-refractivity contribution in [2.75, 3.05) is 6.54 Å². The lowest BCUT2D eigenvalue weighted by molar-refractivity contribution is -0.137. The number of rotatable bonds is 6. The number of para-hydroxylation sites is 1. The van der Waals surface area contributed by atoms with Crippen molar-refractivity contribution < 1.29 is 14.7 Å². The van der Waals surface area contributed by atoms with Crippen LogP contribution in [0.1, 0.15) is 12.0 Å². The molecule has 3 aromatic rings. The first-order valence-corrected chi connectivity index (χ1v) is 11.3. The minimum absolute atomic E-state index is 0.0557. The summed E-state index contributed by atoms with van der Waals surface area (Å²) in [5.41, 5.74) is 3.30. The van der Waals surface area contributed by atoms with Gasteiger partial charge in [0.1, 0.15) is 4.32 Å². The van der Waals surface area contributed by atoms with E-state index in [1.807, 2.05) is 60.8 Å². The van der Waals surface area contributed by atoms with E-state index in [0.29, 0.717) is 9.23 Å². The standard InChI is InChI=1S/C22H16BrN3O3S2/c23-16-8-6-14(7-9-16)20-15(13-26(24-20)17-4-2-1-3-5-17)12-18-21(29)25(22(30)31-18)11-10-19(27)28/h1-9,12-13H,10-11H2,(H,27,28)/b18-12-. The summed E-state index contributed by atoms with van der Waals surface area (Å²) in [7, 11) is 0. The molecule has 1 aliphatic rings.